The highest BCUT2D eigenvalue weighted by molar-refractivity contribution is 5.47. The summed E-state index contributed by atoms with van der Waals surface area (Å²) in [4.78, 5) is 9.36. The van der Waals surface area contributed by atoms with Gasteiger partial charge >= 0.3 is 0 Å². The average molecular weight is 314 g/mol. The summed E-state index contributed by atoms with van der Waals surface area (Å²) in [6, 6.07) is 8.28. The van der Waals surface area contributed by atoms with E-state index in [0.717, 1.165) is 63.0 Å². The fourth-order valence-corrected chi connectivity index (χ4v) is 2.90. The minimum Gasteiger partial charge on any atom is -0.465 e. The Hall–Kier alpha value is -1.85. The molecule has 23 heavy (non-hydrogen) atoms. The molecule has 2 aromatic heterocycles. The van der Waals surface area contributed by atoms with E-state index in [1.807, 2.05) is 12.3 Å². The second-order valence-corrected chi connectivity index (χ2v) is 6.10. The molecule has 0 amide bonds. The van der Waals surface area contributed by atoms with Gasteiger partial charge in [0, 0.05) is 50.9 Å². The lowest BCUT2D eigenvalue weighted by atomic mass is 10.2. The summed E-state index contributed by atoms with van der Waals surface area (Å²) < 4.78 is 5.74. The van der Waals surface area contributed by atoms with Crippen LogP contribution in [0.25, 0.3) is 0 Å². The van der Waals surface area contributed by atoms with Crippen molar-refractivity contribution in [3.8, 4) is 0 Å². The van der Waals surface area contributed by atoms with Crippen LogP contribution in [-0.2, 0) is 19.5 Å². The second-order valence-electron chi connectivity index (χ2n) is 6.10. The van der Waals surface area contributed by atoms with E-state index in [2.05, 4.69) is 52.3 Å². The highest BCUT2D eigenvalue weighted by atomic mass is 16.3. The quantitative estimate of drug-likeness (QED) is 0.886. The first-order valence-electron chi connectivity index (χ1n) is 8.42. The third-order valence-electron chi connectivity index (χ3n) is 4.35. The van der Waals surface area contributed by atoms with E-state index >= 15 is 0 Å². The van der Waals surface area contributed by atoms with Gasteiger partial charge in [-0.1, -0.05) is 13.0 Å². The van der Waals surface area contributed by atoms with E-state index in [9.17, 15) is 0 Å². The number of hydrogen-bond acceptors (Lipinski definition) is 5. The van der Waals surface area contributed by atoms with E-state index in [1.54, 1.807) is 0 Å². The van der Waals surface area contributed by atoms with Gasteiger partial charge in [-0.2, -0.15) is 0 Å². The molecule has 3 heterocycles. The molecule has 5 nitrogen and oxygen atoms in total. The lowest BCUT2D eigenvalue weighted by Gasteiger charge is -2.34. The Morgan fingerprint density at radius 2 is 1.87 bits per heavy atom. The molecule has 0 radical (unpaired) electrons. The van der Waals surface area contributed by atoms with Crippen LogP contribution in [-0.4, -0.2) is 43.1 Å². The molecule has 0 spiro atoms. The van der Waals surface area contributed by atoms with Gasteiger partial charge in [-0.15, -0.1) is 0 Å². The van der Waals surface area contributed by atoms with Crippen molar-refractivity contribution in [2.75, 3.05) is 38.1 Å². The zero-order valence-corrected chi connectivity index (χ0v) is 14.1. The second kappa shape index (κ2) is 7.62. The summed E-state index contributed by atoms with van der Waals surface area (Å²) in [7, 11) is 2.17. The molecule has 124 valence electrons. The average Bonchev–Trinajstić information content (AvgIpc) is 3.04. The predicted molar refractivity (Wildman–Crippen MR) is 92.6 cm³/mol. The van der Waals surface area contributed by atoms with Crippen LogP contribution in [0.1, 0.15) is 24.0 Å². The van der Waals surface area contributed by atoms with Gasteiger partial charge in [0.25, 0.3) is 0 Å². The Kier molecular flexibility index (Phi) is 5.31. The Morgan fingerprint density at radius 3 is 2.61 bits per heavy atom. The van der Waals surface area contributed by atoms with Crippen LogP contribution >= 0.6 is 0 Å². The van der Waals surface area contributed by atoms with E-state index in [-0.39, 0.29) is 0 Å². The van der Waals surface area contributed by atoms with Gasteiger partial charge in [0.2, 0.25) is 0 Å². The molecule has 1 fully saturated rings. The monoisotopic (exact) mass is 314 g/mol. The zero-order valence-electron chi connectivity index (χ0n) is 14.1. The number of aromatic nitrogens is 1. The van der Waals surface area contributed by atoms with Gasteiger partial charge in [0.05, 0.1) is 6.54 Å². The lowest BCUT2D eigenvalue weighted by Crippen LogP contribution is -2.45. The number of nitrogens with zero attached hydrogens (tertiary/aromatic N) is 3. The molecule has 2 aromatic rings. The van der Waals surface area contributed by atoms with Gasteiger partial charge in [-0.05, 0) is 25.2 Å². The van der Waals surface area contributed by atoms with Crippen molar-refractivity contribution in [2.24, 2.45) is 0 Å². The van der Waals surface area contributed by atoms with Crippen LogP contribution in [0.15, 0.2) is 34.9 Å². The summed E-state index contributed by atoms with van der Waals surface area (Å²) >= 11 is 0. The standard InChI is InChI=1S/C18H26N4O/c1-3-16-6-7-17(23-16)14-19-13-15-5-4-8-20-18(15)22-11-9-21(2)10-12-22/h4-8,19H,3,9-14H2,1-2H3. The maximum atomic E-state index is 5.74. The zero-order chi connectivity index (χ0) is 16.1. The number of anilines is 1. The topological polar surface area (TPSA) is 44.5 Å². The summed E-state index contributed by atoms with van der Waals surface area (Å²) in [6.45, 7) is 7.92. The van der Waals surface area contributed by atoms with Gasteiger partial charge in [0.1, 0.15) is 17.3 Å². The van der Waals surface area contributed by atoms with Crippen LogP contribution in [0.5, 0.6) is 0 Å². The number of rotatable bonds is 6. The number of pyridine rings is 1. The highest BCUT2D eigenvalue weighted by Gasteiger charge is 2.17. The number of hydrogen-bond donors (Lipinski definition) is 1. The normalized spacial score (nSPS) is 16.0. The molecule has 0 saturated carbocycles. The molecule has 0 bridgehead atoms. The van der Waals surface area contributed by atoms with Gasteiger partial charge in [-0.3, -0.25) is 0 Å². The molecular weight excluding hydrogens is 288 g/mol. The summed E-state index contributed by atoms with van der Waals surface area (Å²) in [5, 5.41) is 3.47. The van der Waals surface area contributed by atoms with Crippen LogP contribution in [0.4, 0.5) is 5.82 Å². The van der Waals surface area contributed by atoms with Crippen LogP contribution < -0.4 is 10.2 Å². The van der Waals surface area contributed by atoms with Gasteiger partial charge in [0.15, 0.2) is 0 Å². The van der Waals surface area contributed by atoms with Gasteiger partial charge < -0.3 is 19.5 Å². The molecule has 0 atom stereocenters. The van der Waals surface area contributed by atoms with E-state index in [0.29, 0.717) is 0 Å². The summed E-state index contributed by atoms with van der Waals surface area (Å²) in [6.07, 6.45) is 2.83. The third-order valence-corrected chi connectivity index (χ3v) is 4.35. The van der Waals surface area contributed by atoms with E-state index in [1.165, 1.54) is 5.56 Å². The number of likely N-dealkylation sites (N-methyl/N-ethyl adjacent to an activating group) is 1. The largest absolute Gasteiger partial charge is 0.465 e. The van der Waals surface area contributed by atoms with Crippen LogP contribution in [0.2, 0.25) is 0 Å². The minimum atomic E-state index is 0.747. The van der Waals surface area contributed by atoms with Crippen molar-refractivity contribution in [2.45, 2.75) is 26.4 Å². The third kappa shape index (κ3) is 4.12. The Bertz CT molecular complexity index is 617. The maximum Gasteiger partial charge on any atom is 0.133 e. The predicted octanol–water partition coefficient (Wildman–Crippen LogP) is 2.28. The number of nitrogens with one attached hydrogen (secondary N) is 1. The SMILES string of the molecule is CCc1ccc(CNCc2cccnc2N2CCN(C)CC2)o1. The molecule has 3 rings (SSSR count). The van der Waals surface area contributed by atoms with Crippen molar-refractivity contribution in [1.29, 1.82) is 0 Å². The summed E-state index contributed by atoms with van der Waals surface area (Å²) in [5.41, 5.74) is 1.25. The van der Waals surface area contributed by atoms with Crippen LogP contribution in [0, 0.1) is 0 Å². The first-order valence-corrected chi connectivity index (χ1v) is 8.42. The highest BCUT2D eigenvalue weighted by Crippen LogP contribution is 2.19. The van der Waals surface area contributed by atoms with Crippen molar-refractivity contribution >= 4 is 5.82 Å². The fourth-order valence-electron chi connectivity index (χ4n) is 2.90. The molecule has 5 heteroatoms. The molecule has 0 aromatic carbocycles. The van der Waals surface area contributed by atoms with Crippen molar-refractivity contribution in [3.63, 3.8) is 0 Å². The minimum absolute atomic E-state index is 0.747. The maximum absolute atomic E-state index is 5.74. The Labute approximate surface area is 138 Å². The molecule has 1 N–H and O–H groups in total. The van der Waals surface area contributed by atoms with Crippen LogP contribution in [0.3, 0.4) is 0 Å². The van der Waals surface area contributed by atoms with E-state index in [4.69, 9.17) is 4.42 Å². The lowest BCUT2D eigenvalue weighted by molar-refractivity contribution is 0.311. The Morgan fingerprint density at radius 1 is 1.09 bits per heavy atom. The fraction of sp³-hybridized carbons (Fsp3) is 0.500. The Balaban J connectivity index is 1.59. The summed E-state index contributed by atoms with van der Waals surface area (Å²) in [5.74, 6) is 3.15. The first kappa shape index (κ1) is 16.0. The van der Waals surface area contributed by atoms with Crippen molar-refractivity contribution < 1.29 is 4.42 Å². The van der Waals surface area contributed by atoms with E-state index < -0.39 is 0 Å². The number of piperazine rings is 1. The number of furan rings is 1. The van der Waals surface area contributed by atoms with Crippen molar-refractivity contribution in [1.82, 2.24) is 15.2 Å². The molecule has 1 saturated heterocycles. The van der Waals surface area contributed by atoms with Gasteiger partial charge in [-0.25, -0.2) is 4.98 Å². The smallest absolute Gasteiger partial charge is 0.133 e. The molecule has 1 aliphatic rings. The van der Waals surface area contributed by atoms with Crippen molar-refractivity contribution in [3.05, 3.63) is 47.5 Å². The molecule has 1 aliphatic heterocycles. The number of aryl methyl sites for hydroxylation is 1. The molecule has 0 unspecified atom stereocenters. The molecule has 0 aliphatic carbocycles. The first-order chi connectivity index (χ1) is 11.3. The molecular formula is C18H26N4O.